The Morgan fingerprint density at radius 3 is 2.40 bits per heavy atom. The van der Waals surface area contributed by atoms with Gasteiger partial charge in [0.05, 0.1) is 10.6 Å². The molecule has 1 aliphatic heterocycles. The van der Waals surface area contributed by atoms with Crippen LogP contribution >= 0.6 is 11.3 Å². The van der Waals surface area contributed by atoms with Gasteiger partial charge in [-0.15, -0.1) is 0 Å². The highest BCUT2D eigenvalue weighted by Crippen LogP contribution is 2.32. The lowest BCUT2D eigenvalue weighted by Gasteiger charge is -2.35. The van der Waals surface area contributed by atoms with Gasteiger partial charge in [-0.2, -0.15) is 4.98 Å². The minimum Gasteiger partial charge on any atom is -0.348 e. The maximum Gasteiger partial charge on any atom is 0.324 e. The Morgan fingerprint density at radius 1 is 1.06 bits per heavy atom. The lowest BCUT2D eigenvalue weighted by molar-refractivity contribution is 0.385. The van der Waals surface area contributed by atoms with E-state index in [2.05, 4.69) is 40.8 Å². The first-order chi connectivity index (χ1) is 16.7. The molecule has 1 aromatic carbocycles. The Bertz CT molecular complexity index is 1440. The van der Waals surface area contributed by atoms with E-state index in [0.29, 0.717) is 17.0 Å². The van der Waals surface area contributed by atoms with Crippen LogP contribution in [-0.2, 0) is 9.84 Å². The van der Waals surface area contributed by atoms with Crippen LogP contribution in [0.5, 0.6) is 0 Å². The Labute approximate surface area is 208 Å². The molecule has 1 saturated heterocycles. The number of nitrogens with zero attached hydrogens (tertiary/aromatic N) is 6. The van der Waals surface area contributed by atoms with Crippen molar-refractivity contribution < 1.29 is 12.9 Å². The summed E-state index contributed by atoms with van der Waals surface area (Å²) in [5.74, 6) is 0.989. The van der Waals surface area contributed by atoms with E-state index in [1.54, 1.807) is 35.6 Å². The van der Waals surface area contributed by atoms with Crippen LogP contribution in [0.1, 0.15) is 38.4 Å². The van der Waals surface area contributed by atoms with E-state index < -0.39 is 9.84 Å². The molecule has 4 heterocycles. The van der Waals surface area contributed by atoms with Crippen molar-refractivity contribution in [2.75, 3.05) is 36.2 Å². The van der Waals surface area contributed by atoms with Crippen molar-refractivity contribution in [2.24, 2.45) is 0 Å². The fourth-order valence-corrected chi connectivity index (χ4v) is 5.78. The molecular formula is C24H28N6O3S2. The molecule has 9 nitrogen and oxygen atoms in total. The van der Waals surface area contributed by atoms with E-state index in [1.165, 1.54) is 6.26 Å². The van der Waals surface area contributed by atoms with Crippen LogP contribution in [-0.4, -0.2) is 61.0 Å². The monoisotopic (exact) mass is 512 g/mol. The van der Waals surface area contributed by atoms with Gasteiger partial charge >= 0.3 is 6.01 Å². The SMILES string of the molecule is CC(C)c1noc(N2CCC(N(C)c3nc4ccc(-c5ccc(S(C)(=O)=O)cc5)nc4s3)CC2)n1. The quantitative estimate of drug-likeness (QED) is 0.372. The van der Waals surface area contributed by atoms with Crippen LogP contribution in [0, 0.1) is 0 Å². The molecule has 0 amide bonds. The molecular weight excluding hydrogens is 484 g/mol. The normalized spacial score (nSPS) is 15.3. The topological polar surface area (TPSA) is 105 Å². The van der Waals surface area contributed by atoms with Gasteiger partial charge < -0.3 is 14.3 Å². The standard InChI is InChI=1S/C24H28N6O3S2/c1-15(2)21-27-23(33-28-21)30-13-11-17(12-14-30)29(3)24-26-20-10-9-19(25-22(20)34-24)16-5-7-18(8-6-16)35(4,31)32/h5-10,15,17H,11-14H2,1-4H3. The Kier molecular flexibility index (Phi) is 6.22. The fraction of sp³-hybridized carbons (Fsp3) is 0.417. The molecule has 0 spiro atoms. The van der Waals surface area contributed by atoms with Gasteiger partial charge in [-0.25, -0.2) is 18.4 Å². The van der Waals surface area contributed by atoms with Crippen LogP contribution in [0.25, 0.3) is 21.6 Å². The number of rotatable bonds is 6. The molecule has 0 atom stereocenters. The number of anilines is 2. The highest BCUT2D eigenvalue weighted by atomic mass is 32.2. The lowest BCUT2D eigenvalue weighted by atomic mass is 10.0. The summed E-state index contributed by atoms with van der Waals surface area (Å²) in [4.78, 5) is 19.7. The molecule has 3 aromatic heterocycles. The summed E-state index contributed by atoms with van der Waals surface area (Å²) in [6, 6.07) is 11.7. The summed E-state index contributed by atoms with van der Waals surface area (Å²) in [6.45, 7) is 5.82. The van der Waals surface area contributed by atoms with Crippen LogP contribution in [0.2, 0.25) is 0 Å². The first-order valence-electron chi connectivity index (χ1n) is 11.6. The molecule has 0 unspecified atom stereocenters. The number of thiazole rings is 1. The van der Waals surface area contributed by atoms with Crippen LogP contribution in [0.15, 0.2) is 45.8 Å². The Morgan fingerprint density at radius 2 is 1.77 bits per heavy atom. The van der Waals surface area contributed by atoms with Gasteiger partial charge in [0.25, 0.3) is 0 Å². The largest absolute Gasteiger partial charge is 0.348 e. The second-order valence-electron chi connectivity index (χ2n) is 9.23. The van der Waals surface area contributed by atoms with Gasteiger partial charge in [0.2, 0.25) is 0 Å². The van der Waals surface area contributed by atoms with Crippen molar-refractivity contribution in [3.05, 3.63) is 42.2 Å². The van der Waals surface area contributed by atoms with Crippen molar-refractivity contribution in [3.8, 4) is 11.3 Å². The average Bonchev–Trinajstić information content (AvgIpc) is 3.50. The maximum absolute atomic E-state index is 11.7. The number of hydrogen-bond acceptors (Lipinski definition) is 10. The molecule has 11 heteroatoms. The first kappa shape index (κ1) is 23.7. The maximum atomic E-state index is 11.7. The van der Waals surface area contributed by atoms with E-state index in [4.69, 9.17) is 14.5 Å². The van der Waals surface area contributed by atoms with Gasteiger partial charge in [-0.1, -0.05) is 42.5 Å². The second kappa shape index (κ2) is 9.19. The third-order valence-corrected chi connectivity index (χ3v) is 8.54. The minimum absolute atomic E-state index is 0.246. The number of pyridine rings is 1. The summed E-state index contributed by atoms with van der Waals surface area (Å²) >= 11 is 1.57. The van der Waals surface area contributed by atoms with E-state index in [0.717, 1.165) is 58.5 Å². The zero-order chi connectivity index (χ0) is 24.7. The van der Waals surface area contributed by atoms with E-state index in [9.17, 15) is 8.42 Å². The highest BCUT2D eigenvalue weighted by Gasteiger charge is 2.27. The van der Waals surface area contributed by atoms with Crippen molar-refractivity contribution in [3.63, 3.8) is 0 Å². The fourth-order valence-electron chi connectivity index (χ4n) is 4.18. The summed E-state index contributed by atoms with van der Waals surface area (Å²) < 4.78 is 28.9. The number of sulfone groups is 1. The Hall–Kier alpha value is -3.05. The summed E-state index contributed by atoms with van der Waals surface area (Å²) in [5, 5.41) is 5.02. The number of aromatic nitrogens is 4. The molecule has 1 fully saturated rings. The van der Waals surface area contributed by atoms with Crippen molar-refractivity contribution >= 4 is 42.7 Å². The van der Waals surface area contributed by atoms with Gasteiger partial charge in [-0.3, -0.25) is 0 Å². The molecule has 0 aliphatic carbocycles. The van der Waals surface area contributed by atoms with E-state index in [-0.39, 0.29) is 5.92 Å². The van der Waals surface area contributed by atoms with Crippen molar-refractivity contribution in [1.82, 2.24) is 20.1 Å². The summed E-state index contributed by atoms with van der Waals surface area (Å²) in [7, 11) is -1.13. The summed E-state index contributed by atoms with van der Waals surface area (Å²) in [6.07, 6.45) is 3.15. The van der Waals surface area contributed by atoms with Gasteiger partial charge in [0.15, 0.2) is 20.8 Å². The van der Waals surface area contributed by atoms with E-state index >= 15 is 0 Å². The van der Waals surface area contributed by atoms with Crippen LogP contribution in [0.4, 0.5) is 11.1 Å². The van der Waals surface area contributed by atoms with Crippen LogP contribution in [0.3, 0.4) is 0 Å². The third kappa shape index (κ3) is 4.87. The molecule has 184 valence electrons. The molecule has 0 bridgehead atoms. The highest BCUT2D eigenvalue weighted by molar-refractivity contribution is 7.90. The van der Waals surface area contributed by atoms with Crippen molar-refractivity contribution in [1.29, 1.82) is 0 Å². The van der Waals surface area contributed by atoms with Crippen molar-refractivity contribution in [2.45, 2.75) is 43.5 Å². The zero-order valence-electron chi connectivity index (χ0n) is 20.2. The molecule has 4 aromatic rings. The number of fused-ring (bicyclic) bond motifs is 1. The first-order valence-corrected chi connectivity index (χ1v) is 14.3. The molecule has 1 aliphatic rings. The Balaban J connectivity index is 1.28. The number of benzene rings is 1. The van der Waals surface area contributed by atoms with E-state index in [1.807, 2.05) is 12.1 Å². The molecule has 0 N–H and O–H groups in total. The predicted octanol–water partition coefficient (Wildman–Crippen LogP) is 4.37. The third-order valence-electron chi connectivity index (χ3n) is 6.35. The molecule has 5 rings (SSSR count). The number of hydrogen-bond donors (Lipinski definition) is 0. The predicted molar refractivity (Wildman–Crippen MR) is 138 cm³/mol. The minimum atomic E-state index is -3.22. The molecule has 0 radical (unpaired) electrons. The van der Waals surface area contributed by atoms with Crippen LogP contribution < -0.4 is 9.80 Å². The number of piperidine rings is 1. The summed E-state index contributed by atoms with van der Waals surface area (Å²) in [5.41, 5.74) is 2.53. The molecule has 35 heavy (non-hydrogen) atoms. The smallest absolute Gasteiger partial charge is 0.324 e. The molecule has 0 saturated carbocycles. The lowest BCUT2D eigenvalue weighted by Crippen LogP contribution is -2.43. The zero-order valence-corrected chi connectivity index (χ0v) is 21.8. The average molecular weight is 513 g/mol. The van der Waals surface area contributed by atoms with Gasteiger partial charge in [0, 0.05) is 43.9 Å². The van der Waals surface area contributed by atoms with Gasteiger partial charge in [-0.05, 0) is 37.1 Å². The van der Waals surface area contributed by atoms with Gasteiger partial charge in [0.1, 0.15) is 10.3 Å². The second-order valence-corrected chi connectivity index (χ2v) is 12.2.